The minimum Gasteiger partial charge on any atom is -0.485 e. The van der Waals surface area contributed by atoms with Crippen molar-refractivity contribution >= 4 is 17.2 Å². The van der Waals surface area contributed by atoms with Crippen LogP contribution in [-0.2, 0) is 6.61 Å². The van der Waals surface area contributed by atoms with E-state index < -0.39 is 11.6 Å². The number of benzene rings is 2. The zero-order chi connectivity index (χ0) is 22.1. The van der Waals surface area contributed by atoms with Crippen LogP contribution in [0, 0.1) is 32.4 Å². The van der Waals surface area contributed by atoms with Crippen molar-refractivity contribution in [1.29, 1.82) is 0 Å². The maximum Gasteiger partial charge on any atom is 0.274 e. The molecule has 0 fully saturated rings. The fourth-order valence-corrected chi connectivity index (χ4v) is 3.55. The molecule has 2 heterocycles. The molecule has 0 bridgehead atoms. The van der Waals surface area contributed by atoms with E-state index in [-0.39, 0.29) is 18.1 Å². The number of nitrogens with one attached hydrogen (secondary N) is 1. The molecule has 4 rings (SSSR count). The minimum absolute atomic E-state index is 0.166. The fraction of sp³-hybridized carbons (Fsp3) is 0.167. The van der Waals surface area contributed by atoms with Gasteiger partial charge in [0.15, 0.2) is 11.4 Å². The third-order valence-electron chi connectivity index (χ3n) is 5.16. The molecule has 158 valence electrons. The van der Waals surface area contributed by atoms with Gasteiger partial charge in [0, 0.05) is 11.9 Å². The lowest BCUT2D eigenvalue weighted by Gasteiger charge is -2.12. The van der Waals surface area contributed by atoms with Gasteiger partial charge in [0.2, 0.25) is 0 Å². The van der Waals surface area contributed by atoms with Gasteiger partial charge in [0.25, 0.3) is 5.91 Å². The van der Waals surface area contributed by atoms with E-state index in [1.807, 2.05) is 32.0 Å². The van der Waals surface area contributed by atoms with E-state index in [1.165, 1.54) is 18.2 Å². The van der Waals surface area contributed by atoms with Gasteiger partial charge in [-0.1, -0.05) is 24.3 Å². The molecule has 1 N–H and O–H groups in total. The van der Waals surface area contributed by atoms with Crippen molar-refractivity contribution < 1.29 is 18.3 Å². The number of imidazole rings is 1. The third-order valence-corrected chi connectivity index (χ3v) is 5.16. The number of carbonyl (C=O) groups is 1. The Balaban J connectivity index is 1.66. The van der Waals surface area contributed by atoms with Gasteiger partial charge in [-0.15, -0.1) is 0 Å². The molecule has 7 heteroatoms. The van der Waals surface area contributed by atoms with Gasteiger partial charge in [-0.2, -0.15) is 0 Å². The molecule has 5 nitrogen and oxygen atoms in total. The minimum atomic E-state index is -0.680. The van der Waals surface area contributed by atoms with Crippen molar-refractivity contribution in [3.8, 4) is 5.75 Å². The first-order chi connectivity index (χ1) is 14.9. The van der Waals surface area contributed by atoms with Crippen LogP contribution in [-0.4, -0.2) is 15.3 Å². The van der Waals surface area contributed by atoms with Gasteiger partial charge in [0.05, 0.1) is 11.3 Å². The second-order valence-electron chi connectivity index (χ2n) is 7.32. The highest BCUT2D eigenvalue weighted by Crippen LogP contribution is 2.26. The number of para-hydroxylation sites is 1. The number of hydrogen-bond acceptors (Lipinski definition) is 3. The molecule has 31 heavy (non-hydrogen) atoms. The Labute approximate surface area is 178 Å². The zero-order valence-corrected chi connectivity index (χ0v) is 17.4. The molecule has 0 unspecified atom stereocenters. The van der Waals surface area contributed by atoms with Crippen molar-refractivity contribution in [1.82, 2.24) is 9.38 Å². The molecule has 0 saturated carbocycles. The Morgan fingerprint density at radius 3 is 2.32 bits per heavy atom. The lowest BCUT2D eigenvalue weighted by molar-refractivity contribution is 0.102. The molecule has 0 aliphatic rings. The number of anilines is 1. The predicted octanol–water partition coefficient (Wildman–Crippen LogP) is 5.37. The van der Waals surface area contributed by atoms with Crippen LogP contribution in [0.25, 0.3) is 5.65 Å². The van der Waals surface area contributed by atoms with Gasteiger partial charge in [0.1, 0.15) is 23.9 Å². The molecule has 0 radical (unpaired) electrons. The first kappa shape index (κ1) is 20.5. The SMILES string of the molecule is Cc1cccc(C)c1NC(=O)c1c(C)nc2c(OCc3c(F)cccc3F)cccn12. The molecular weight excluding hydrogens is 400 g/mol. The quantitative estimate of drug-likeness (QED) is 0.471. The summed E-state index contributed by atoms with van der Waals surface area (Å²) < 4.78 is 35.1. The second kappa shape index (κ2) is 8.18. The number of hydrogen-bond donors (Lipinski definition) is 1. The maximum absolute atomic E-state index is 13.9. The van der Waals surface area contributed by atoms with Crippen LogP contribution in [0.1, 0.15) is 32.9 Å². The number of nitrogens with zero attached hydrogens (tertiary/aromatic N) is 2. The molecule has 0 aliphatic carbocycles. The largest absolute Gasteiger partial charge is 0.485 e. The van der Waals surface area contributed by atoms with Crippen LogP contribution < -0.4 is 10.1 Å². The molecular formula is C24H21F2N3O2. The van der Waals surface area contributed by atoms with Crippen LogP contribution in [0.5, 0.6) is 5.75 Å². The number of aromatic nitrogens is 2. The van der Waals surface area contributed by atoms with Crippen molar-refractivity contribution in [2.75, 3.05) is 5.32 Å². The molecule has 0 atom stereocenters. The van der Waals surface area contributed by atoms with Crippen LogP contribution in [0.3, 0.4) is 0 Å². The molecule has 2 aromatic carbocycles. The molecule has 2 aromatic heterocycles. The summed E-state index contributed by atoms with van der Waals surface area (Å²) in [7, 11) is 0. The molecule has 0 saturated heterocycles. The summed E-state index contributed by atoms with van der Waals surface area (Å²) in [6.07, 6.45) is 1.70. The van der Waals surface area contributed by atoms with E-state index in [9.17, 15) is 13.6 Å². The summed E-state index contributed by atoms with van der Waals surface area (Å²) in [5, 5.41) is 2.97. The van der Waals surface area contributed by atoms with Gasteiger partial charge < -0.3 is 10.1 Å². The summed E-state index contributed by atoms with van der Waals surface area (Å²) >= 11 is 0. The van der Waals surface area contributed by atoms with Crippen molar-refractivity contribution in [2.45, 2.75) is 27.4 Å². The van der Waals surface area contributed by atoms with E-state index in [4.69, 9.17) is 4.74 Å². The number of fused-ring (bicyclic) bond motifs is 1. The average molecular weight is 421 g/mol. The van der Waals surface area contributed by atoms with Crippen LogP contribution in [0.2, 0.25) is 0 Å². The smallest absolute Gasteiger partial charge is 0.274 e. The molecule has 0 aliphatic heterocycles. The lowest BCUT2D eigenvalue weighted by Crippen LogP contribution is -2.17. The van der Waals surface area contributed by atoms with Crippen molar-refractivity contribution in [2.24, 2.45) is 0 Å². The van der Waals surface area contributed by atoms with Crippen LogP contribution >= 0.6 is 0 Å². The van der Waals surface area contributed by atoms with E-state index in [2.05, 4.69) is 10.3 Å². The Bertz CT molecular complexity index is 1260. The van der Waals surface area contributed by atoms with E-state index in [0.29, 0.717) is 22.8 Å². The van der Waals surface area contributed by atoms with Crippen LogP contribution in [0.15, 0.2) is 54.7 Å². The first-order valence-corrected chi connectivity index (χ1v) is 9.77. The zero-order valence-electron chi connectivity index (χ0n) is 17.4. The summed E-state index contributed by atoms with van der Waals surface area (Å²) in [4.78, 5) is 17.5. The topological polar surface area (TPSA) is 55.6 Å². The predicted molar refractivity (Wildman–Crippen MR) is 114 cm³/mol. The standard InChI is InChI=1S/C24H21F2N3O2/c1-14-7-4-8-15(2)21(14)28-24(30)22-16(3)27-23-20(11-6-12-29(22)23)31-13-17-18(25)9-5-10-19(17)26/h4-12H,13H2,1-3H3,(H,28,30). The Morgan fingerprint density at radius 1 is 1.00 bits per heavy atom. The number of ether oxygens (including phenoxy) is 1. The van der Waals surface area contributed by atoms with Crippen molar-refractivity contribution in [3.05, 3.63) is 94.4 Å². The highest BCUT2D eigenvalue weighted by molar-refractivity contribution is 6.05. The lowest BCUT2D eigenvalue weighted by atomic mass is 10.1. The summed E-state index contributed by atoms with van der Waals surface area (Å²) in [6, 6.07) is 12.8. The Hall–Kier alpha value is -3.74. The number of halogens is 2. The first-order valence-electron chi connectivity index (χ1n) is 9.77. The maximum atomic E-state index is 13.9. The van der Waals surface area contributed by atoms with Gasteiger partial charge in [-0.25, -0.2) is 13.8 Å². The van der Waals surface area contributed by atoms with Crippen molar-refractivity contribution in [3.63, 3.8) is 0 Å². The summed E-state index contributed by atoms with van der Waals surface area (Å²) in [5.41, 5.74) is 3.76. The van der Waals surface area contributed by atoms with Gasteiger partial charge in [-0.3, -0.25) is 9.20 Å². The van der Waals surface area contributed by atoms with E-state index in [0.717, 1.165) is 16.8 Å². The highest BCUT2D eigenvalue weighted by Gasteiger charge is 2.20. The summed E-state index contributed by atoms with van der Waals surface area (Å²) in [6.45, 7) is 5.29. The van der Waals surface area contributed by atoms with E-state index in [1.54, 1.807) is 29.7 Å². The number of amides is 1. The molecule has 0 spiro atoms. The number of pyridine rings is 1. The average Bonchev–Trinajstić information content (AvgIpc) is 3.07. The fourth-order valence-electron chi connectivity index (χ4n) is 3.55. The normalized spacial score (nSPS) is 11.0. The van der Waals surface area contributed by atoms with Crippen LogP contribution in [0.4, 0.5) is 14.5 Å². The second-order valence-corrected chi connectivity index (χ2v) is 7.32. The monoisotopic (exact) mass is 421 g/mol. The number of rotatable bonds is 5. The van der Waals surface area contributed by atoms with Gasteiger partial charge in [-0.05, 0) is 56.2 Å². The number of carbonyl (C=O) groups excluding carboxylic acids is 1. The third kappa shape index (κ3) is 3.86. The number of aryl methyl sites for hydroxylation is 3. The summed E-state index contributed by atoms with van der Waals surface area (Å²) in [5.74, 6) is -1.35. The molecule has 1 amide bonds. The Morgan fingerprint density at radius 2 is 1.65 bits per heavy atom. The van der Waals surface area contributed by atoms with Gasteiger partial charge >= 0.3 is 0 Å². The molecule has 4 aromatic rings. The Kier molecular flexibility index (Phi) is 5.42. The highest BCUT2D eigenvalue weighted by atomic mass is 19.1. The van der Waals surface area contributed by atoms with E-state index >= 15 is 0 Å².